The van der Waals surface area contributed by atoms with Crippen LogP contribution in [-0.4, -0.2) is 66.7 Å². The molecule has 0 aliphatic carbocycles. The molecule has 0 aromatic heterocycles. The summed E-state index contributed by atoms with van der Waals surface area (Å²) >= 11 is 0. The summed E-state index contributed by atoms with van der Waals surface area (Å²) in [6.45, 7) is 5.91. The van der Waals surface area contributed by atoms with Crippen LogP contribution < -0.4 is 5.32 Å². The monoisotopic (exact) mass is 273 g/mol. The van der Waals surface area contributed by atoms with Crippen LogP contribution in [0, 0.1) is 0 Å². The van der Waals surface area contributed by atoms with Gasteiger partial charge in [0.05, 0.1) is 0 Å². The summed E-state index contributed by atoms with van der Waals surface area (Å²) in [6, 6.07) is -0.0400. The van der Waals surface area contributed by atoms with Gasteiger partial charge < -0.3 is 20.2 Å². The second-order valence-corrected chi connectivity index (χ2v) is 5.17. The van der Waals surface area contributed by atoms with Gasteiger partial charge in [-0.15, -0.1) is 0 Å². The van der Waals surface area contributed by atoms with E-state index in [9.17, 15) is 9.59 Å². The zero-order valence-electron chi connectivity index (χ0n) is 12.5. The number of carboxylic acids is 1. The van der Waals surface area contributed by atoms with E-state index < -0.39 is 5.97 Å². The minimum Gasteiger partial charge on any atom is -0.481 e. The maximum atomic E-state index is 12.0. The quantitative estimate of drug-likeness (QED) is 0.620. The number of carbonyl (C=O) groups excluding carboxylic acids is 1. The molecule has 0 atom stereocenters. The van der Waals surface area contributed by atoms with Crippen LogP contribution in [0.4, 0.5) is 4.79 Å². The Balaban J connectivity index is 4.01. The fourth-order valence-electron chi connectivity index (χ4n) is 1.69. The van der Waals surface area contributed by atoms with Crippen LogP contribution in [0.3, 0.4) is 0 Å². The molecule has 0 aliphatic heterocycles. The number of hydrogen-bond donors (Lipinski definition) is 2. The molecule has 0 aromatic carbocycles. The van der Waals surface area contributed by atoms with Crippen molar-refractivity contribution in [3.8, 4) is 0 Å². The average molecular weight is 273 g/mol. The van der Waals surface area contributed by atoms with E-state index in [2.05, 4.69) is 10.2 Å². The summed E-state index contributed by atoms with van der Waals surface area (Å²) in [4.78, 5) is 26.2. The largest absolute Gasteiger partial charge is 0.481 e. The van der Waals surface area contributed by atoms with Gasteiger partial charge in [-0.2, -0.15) is 0 Å². The number of nitrogens with zero attached hydrogens (tertiary/aromatic N) is 2. The summed E-state index contributed by atoms with van der Waals surface area (Å²) < 4.78 is 0. The molecule has 0 unspecified atom stereocenters. The number of amides is 2. The smallest absolute Gasteiger partial charge is 0.317 e. The van der Waals surface area contributed by atoms with Crippen molar-refractivity contribution in [3.63, 3.8) is 0 Å². The Kier molecular flexibility index (Phi) is 8.95. The third kappa shape index (κ3) is 9.30. The van der Waals surface area contributed by atoms with Gasteiger partial charge in [-0.1, -0.05) is 0 Å². The highest BCUT2D eigenvalue weighted by Crippen LogP contribution is 2.02. The molecule has 19 heavy (non-hydrogen) atoms. The fraction of sp³-hybridized carbons (Fsp3) is 0.846. The Morgan fingerprint density at radius 2 is 1.79 bits per heavy atom. The van der Waals surface area contributed by atoms with E-state index in [1.807, 2.05) is 27.9 Å². The van der Waals surface area contributed by atoms with Gasteiger partial charge in [-0.25, -0.2) is 4.79 Å². The highest BCUT2D eigenvalue weighted by atomic mass is 16.4. The first kappa shape index (κ1) is 17.7. The van der Waals surface area contributed by atoms with Crippen molar-refractivity contribution in [1.29, 1.82) is 0 Å². The van der Waals surface area contributed by atoms with E-state index in [-0.39, 0.29) is 18.5 Å². The Labute approximate surface area is 115 Å². The molecule has 0 spiro atoms. The summed E-state index contributed by atoms with van der Waals surface area (Å²) in [5.74, 6) is -0.824. The van der Waals surface area contributed by atoms with E-state index in [0.29, 0.717) is 19.5 Å². The number of nitrogens with one attached hydrogen (secondary N) is 1. The Bertz CT molecular complexity index is 280. The standard InChI is InChI=1S/C13H27N3O3/c1-11(2)16(10-5-7-12(17)18)13(19)14-8-6-9-15(3)4/h11H,5-10H2,1-4H3,(H,14,19)(H,17,18). The van der Waals surface area contributed by atoms with Gasteiger partial charge >= 0.3 is 12.0 Å². The fourth-order valence-corrected chi connectivity index (χ4v) is 1.69. The van der Waals surface area contributed by atoms with E-state index in [4.69, 9.17) is 5.11 Å². The van der Waals surface area contributed by atoms with Crippen molar-refractivity contribution in [2.24, 2.45) is 0 Å². The topological polar surface area (TPSA) is 72.9 Å². The van der Waals surface area contributed by atoms with Crippen LogP contribution in [0.1, 0.15) is 33.1 Å². The SMILES string of the molecule is CC(C)N(CCCC(=O)O)C(=O)NCCCN(C)C. The van der Waals surface area contributed by atoms with Crippen molar-refractivity contribution in [2.45, 2.75) is 39.2 Å². The van der Waals surface area contributed by atoms with Crippen LogP contribution >= 0.6 is 0 Å². The normalized spacial score (nSPS) is 10.8. The zero-order chi connectivity index (χ0) is 14.8. The number of urea groups is 1. The maximum Gasteiger partial charge on any atom is 0.317 e. The number of carboxylic acid groups (broad SMARTS) is 1. The minimum atomic E-state index is -0.824. The van der Waals surface area contributed by atoms with E-state index in [1.54, 1.807) is 4.90 Å². The van der Waals surface area contributed by atoms with Gasteiger partial charge in [0.2, 0.25) is 0 Å². The molecular weight excluding hydrogens is 246 g/mol. The molecule has 0 rings (SSSR count). The van der Waals surface area contributed by atoms with Crippen molar-refractivity contribution in [1.82, 2.24) is 15.1 Å². The van der Waals surface area contributed by atoms with Gasteiger partial charge in [-0.3, -0.25) is 4.79 Å². The molecule has 0 radical (unpaired) electrons. The number of aliphatic carboxylic acids is 1. The minimum absolute atomic E-state index is 0.0719. The molecule has 112 valence electrons. The molecule has 0 heterocycles. The number of carbonyl (C=O) groups is 2. The van der Waals surface area contributed by atoms with Gasteiger partial charge in [0.1, 0.15) is 0 Å². The molecule has 6 heteroatoms. The number of hydrogen-bond acceptors (Lipinski definition) is 3. The summed E-state index contributed by atoms with van der Waals surface area (Å²) in [7, 11) is 3.99. The molecule has 0 bridgehead atoms. The molecule has 0 aliphatic rings. The first-order valence-electron chi connectivity index (χ1n) is 6.75. The predicted molar refractivity (Wildman–Crippen MR) is 75.3 cm³/mol. The van der Waals surface area contributed by atoms with Crippen molar-refractivity contribution >= 4 is 12.0 Å². The van der Waals surface area contributed by atoms with Crippen LogP contribution in [0.2, 0.25) is 0 Å². The van der Waals surface area contributed by atoms with Gasteiger partial charge in [0.25, 0.3) is 0 Å². The molecule has 0 saturated heterocycles. The highest BCUT2D eigenvalue weighted by Gasteiger charge is 2.16. The molecule has 2 amide bonds. The third-order valence-corrected chi connectivity index (χ3v) is 2.73. The van der Waals surface area contributed by atoms with Gasteiger partial charge in [-0.05, 0) is 47.3 Å². The number of rotatable bonds is 9. The summed E-state index contributed by atoms with van der Waals surface area (Å²) in [5.41, 5.74) is 0. The lowest BCUT2D eigenvalue weighted by Crippen LogP contribution is -2.45. The van der Waals surface area contributed by atoms with Crippen molar-refractivity contribution in [3.05, 3.63) is 0 Å². The van der Waals surface area contributed by atoms with E-state index in [0.717, 1.165) is 13.0 Å². The van der Waals surface area contributed by atoms with Crippen molar-refractivity contribution < 1.29 is 14.7 Å². The lowest BCUT2D eigenvalue weighted by atomic mass is 10.2. The lowest BCUT2D eigenvalue weighted by Gasteiger charge is -2.27. The van der Waals surface area contributed by atoms with Crippen LogP contribution in [0.15, 0.2) is 0 Å². The lowest BCUT2D eigenvalue weighted by molar-refractivity contribution is -0.137. The first-order valence-corrected chi connectivity index (χ1v) is 6.75. The average Bonchev–Trinajstić information content (AvgIpc) is 2.28. The molecule has 0 fully saturated rings. The molecule has 6 nitrogen and oxygen atoms in total. The summed E-state index contributed by atoms with van der Waals surface area (Å²) in [6.07, 6.45) is 1.48. The zero-order valence-corrected chi connectivity index (χ0v) is 12.5. The van der Waals surface area contributed by atoms with E-state index in [1.165, 1.54) is 0 Å². The van der Waals surface area contributed by atoms with Crippen molar-refractivity contribution in [2.75, 3.05) is 33.7 Å². The molecule has 0 aromatic rings. The Hall–Kier alpha value is -1.30. The van der Waals surface area contributed by atoms with Crippen LogP contribution in [0.25, 0.3) is 0 Å². The first-order chi connectivity index (χ1) is 8.84. The Morgan fingerprint density at radius 3 is 2.26 bits per heavy atom. The predicted octanol–water partition coefficient (Wildman–Crippen LogP) is 1.22. The third-order valence-electron chi connectivity index (χ3n) is 2.73. The molecule has 0 saturated carbocycles. The molecular formula is C13H27N3O3. The van der Waals surface area contributed by atoms with Crippen LogP contribution in [-0.2, 0) is 4.79 Å². The van der Waals surface area contributed by atoms with Gasteiger partial charge in [0, 0.05) is 25.6 Å². The van der Waals surface area contributed by atoms with E-state index >= 15 is 0 Å². The second-order valence-electron chi connectivity index (χ2n) is 5.17. The molecule has 2 N–H and O–H groups in total. The van der Waals surface area contributed by atoms with Crippen LogP contribution in [0.5, 0.6) is 0 Å². The second kappa shape index (κ2) is 9.61. The Morgan fingerprint density at radius 1 is 1.16 bits per heavy atom. The van der Waals surface area contributed by atoms with Gasteiger partial charge in [0.15, 0.2) is 0 Å². The summed E-state index contributed by atoms with van der Waals surface area (Å²) in [5, 5.41) is 11.5. The maximum absolute atomic E-state index is 12.0. The highest BCUT2D eigenvalue weighted by molar-refractivity contribution is 5.74.